The Bertz CT molecular complexity index is 725. The second kappa shape index (κ2) is 8.15. The number of nitrogen functional groups attached to an aromatic ring is 1. The van der Waals surface area contributed by atoms with Crippen LogP contribution in [0.1, 0.15) is 19.4 Å². The van der Waals surface area contributed by atoms with E-state index >= 15 is 0 Å². The quantitative estimate of drug-likeness (QED) is 0.620. The predicted octanol–water partition coefficient (Wildman–Crippen LogP) is 4.09. The summed E-state index contributed by atoms with van der Waals surface area (Å²) in [5, 5.41) is 2.65. The van der Waals surface area contributed by atoms with Crippen molar-refractivity contribution in [3.8, 4) is 5.75 Å². The molecule has 0 aromatic heterocycles. The van der Waals surface area contributed by atoms with Gasteiger partial charge in [-0.2, -0.15) is 0 Å². The number of nitrogens with one attached hydrogen (secondary N) is 1. The fraction of sp³-hybridized carbons (Fsp3) is 0.211. The van der Waals surface area contributed by atoms with Crippen LogP contribution in [0.2, 0.25) is 0 Å². The Balaban J connectivity index is 1.96. The molecule has 4 nitrogen and oxygen atoms in total. The number of benzene rings is 2. The third-order valence-electron chi connectivity index (χ3n) is 3.14. The number of amides is 1. The molecule has 2 rings (SSSR count). The first-order chi connectivity index (χ1) is 11.4. The number of carbonyl (C=O) groups is 1. The van der Waals surface area contributed by atoms with Crippen molar-refractivity contribution in [2.24, 2.45) is 5.92 Å². The molecule has 0 saturated carbocycles. The number of anilines is 2. The molecule has 2 aromatic carbocycles. The molecule has 0 aliphatic rings. The van der Waals surface area contributed by atoms with Gasteiger partial charge in [-0.25, -0.2) is 4.39 Å². The van der Waals surface area contributed by atoms with E-state index in [-0.39, 0.29) is 11.7 Å². The van der Waals surface area contributed by atoms with Crippen LogP contribution < -0.4 is 15.8 Å². The second-order valence-corrected chi connectivity index (χ2v) is 5.83. The van der Waals surface area contributed by atoms with E-state index in [4.69, 9.17) is 10.5 Å². The van der Waals surface area contributed by atoms with E-state index < -0.39 is 0 Å². The average Bonchev–Trinajstić information content (AvgIpc) is 2.54. The molecule has 2 aromatic rings. The molecular weight excluding hydrogens is 307 g/mol. The summed E-state index contributed by atoms with van der Waals surface area (Å²) in [5.41, 5.74) is 7.80. The van der Waals surface area contributed by atoms with Crippen molar-refractivity contribution < 1.29 is 13.9 Å². The number of carbonyl (C=O) groups excluding carboxylic acids is 1. The number of halogens is 1. The largest absolute Gasteiger partial charge is 0.491 e. The van der Waals surface area contributed by atoms with Gasteiger partial charge in [0.05, 0.1) is 12.3 Å². The molecule has 0 spiro atoms. The minimum atomic E-state index is -0.348. The molecule has 0 saturated heterocycles. The standard InChI is InChI=1S/C19H21FN2O2/c1-13(2)12-24-18-9-3-14(11-17(18)21)4-10-19(23)22-16-7-5-15(20)6-8-16/h3-11,13H,12,21H2,1-2H3,(H,22,23)/b10-4-. The first kappa shape index (κ1) is 17.5. The van der Waals surface area contributed by atoms with Crippen LogP contribution in [-0.2, 0) is 4.79 Å². The van der Waals surface area contributed by atoms with Gasteiger partial charge in [-0.05, 0) is 54.0 Å². The van der Waals surface area contributed by atoms with Gasteiger partial charge in [0, 0.05) is 11.8 Å². The van der Waals surface area contributed by atoms with Crippen LogP contribution in [0.25, 0.3) is 6.08 Å². The second-order valence-electron chi connectivity index (χ2n) is 5.83. The van der Waals surface area contributed by atoms with Crippen molar-refractivity contribution >= 4 is 23.4 Å². The van der Waals surface area contributed by atoms with Gasteiger partial charge in [-0.15, -0.1) is 0 Å². The van der Waals surface area contributed by atoms with E-state index in [1.54, 1.807) is 18.2 Å². The number of hydrogen-bond acceptors (Lipinski definition) is 3. The van der Waals surface area contributed by atoms with E-state index in [0.29, 0.717) is 29.6 Å². The Morgan fingerprint density at radius 3 is 2.58 bits per heavy atom. The molecule has 0 unspecified atom stereocenters. The van der Waals surface area contributed by atoms with Crippen molar-refractivity contribution in [1.29, 1.82) is 0 Å². The van der Waals surface area contributed by atoms with Gasteiger partial charge in [0.15, 0.2) is 0 Å². The Kier molecular flexibility index (Phi) is 5.95. The van der Waals surface area contributed by atoms with Crippen LogP contribution in [0.4, 0.5) is 15.8 Å². The fourth-order valence-corrected chi connectivity index (χ4v) is 1.95. The molecule has 24 heavy (non-hydrogen) atoms. The minimum Gasteiger partial charge on any atom is -0.491 e. The third kappa shape index (κ3) is 5.43. The first-order valence-electron chi connectivity index (χ1n) is 7.71. The number of hydrogen-bond donors (Lipinski definition) is 2. The predicted molar refractivity (Wildman–Crippen MR) is 95.3 cm³/mol. The average molecular weight is 328 g/mol. The van der Waals surface area contributed by atoms with Crippen LogP contribution in [0.3, 0.4) is 0 Å². The van der Waals surface area contributed by atoms with Gasteiger partial charge in [-0.1, -0.05) is 19.9 Å². The number of ether oxygens (including phenoxy) is 1. The molecule has 0 heterocycles. The highest BCUT2D eigenvalue weighted by Crippen LogP contribution is 2.23. The topological polar surface area (TPSA) is 64.3 Å². The normalized spacial score (nSPS) is 11.0. The zero-order valence-electron chi connectivity index (χ0n) is 13.8. The van der Waals surface area contributed by atoms with E-state index in [2.05, 4.69) is 19.2 Å². The highest BCUT2D eigenvalue weighted by atomic mass is 19.1. The summed E-state index contributed by atoms with van der Waals surface area (Å²) in [6, 6.07) is 10.9. The zero-order chi connectivity index (χ0) is 17.5. The zero-order valence-corrected chi connectivity index (χ0v) is 13.8. The van der Waals surface area contributed by atoms with Crippen molar-refractivity contribution in [2.75, 3.05) is 17.7 Å². The van der Waals surface area contributed by atoms with Crippen LogP contribution in [0.15, 0.2) is 48.5 Å². The third-order valence-corrected chi connectivity index (χ3v) is 3.14. The van der Waals surface area contributed by atoms with Gasteiger partial charge in [0.2, 0.25) is 5.91 Å². The molecule has 0 aliphatic carbocycles. The SMILES string of the molecule is CC(C)COc1ccc(/C=C\C(=O)Nc2ccc(F)cc2)cc1N. The summed E-state index contributed by atoms with van der Waals surface area (Å²) in [4.78, 5) is 11.9. The molecule has 5 heteroatoms. The van der Waals surface area contributed by atoms with Crippen LogP contribution in [0.5, 0.6) is 5.75 Å². The summed E-state index contributed by atoms with van der Waals surface area (Å²) in [6.45, 7) is 4.72. The summed E-state index contributed by atoms with van der Waals surface area (Å²) >= 11 is 0. The Morgan fingerprint density at radius 2 is 1.96 bits per heavy atom. The summed E-state index contributed by atoms with van der Waals surface area (Å²) in [6.07, 6.45) is 3.05. The van der Waals surface area contributed by atoms with Crippen LogP contribution >= 0.6 is 0 Å². The lowest BCUT2D eigenvalue weighted by Crippen LogP contribution is -2.07. The number of nitrogens with two attached hydrogens (primary N) is 1. The smallest absolute Gasteiger partial charge is 0.248 e. The summed E-state index contributed by atoms with van der Waals surface area (Å²) in [7, 11) is 0. The lowest BCUT2D eigenvalue weighted by atomic mass is 10.1. The van der Waals surface area contributed by atoms with Gasteiger partial charge >= 0.3 is 0 Å². The van der Waals surface area contributed by atoms with Crippen molar-refractivity contribution in [2.45, 2.75) is 13.8 Å². The van der Waals surface area contributed by atoms with Crippen molar-refractivity contribution in [3.63, 3.8) is 0 Å². The van der Waals surface area contributed by atoms with Gasteiger partial charge < -0.3 is 15.8 Å². The van der Waals surface area contributed by atoms with Crippen molar-refractivity contribution in [1.82, 2.24) is 0 Å². The van der Waals surface area contributed by atoms with E-state index in [0.717, 1.165) is 5.56 Å². The Morgan fingerprint density at radius 1 is 1.25 bits per heavy atom. The van der Waals surface area contributed by atoms with Crippen molar-refractivity contribution in [3.05, 3.63) is 59.9 Å². The van der Waals surface area contributed by atoms with Crippen LogP contribution in [0, 0.1) is 11.7 Å². The Labute approximate surface area is 141 Å². The highest BCUT2D eigenvalue weighted by Gasteiger charge is 2.03. The molecule has 1 amide bonds. The maximum absolute atomic E-state index is 12.8. The summed E-state index contributed by atoms with van der Waals surface area (Å²) < 4.78 is 18.4. The maximum atomic E-state index is 12.8. The van der Waals surface area contributed by atoms with E-state index in [9.17, 15) is 9.18 Å². The number of rotatable bonds is 6. The van der Waals surface area contributed by atoms with Gasteiger partial charge in [-0.3, -0.25) is 4.79 Å². The summed E-state index contributed by atoms with van der Waals surface area (Å²) in [5.74, 6) is 0.398. The van der Waals surface area contributed by atoms with Crippen LogP contribution in [-0.4, -0.2) is 12.5 Å². The molecule has 0 aliphatic heterocycles. The molecule has 0 fully saturated rings. The molecule has 0 radical (unpaired) electrons. The lowest BCUT2D eigenvalue weighted by Gasteiger charge is -2.11. The lowest BCUT2D eigenvalue weighted by molar-refractivity contribution is -0.111. The molecule has 0 bridgehead atoms. The molecule has 126 valence electrons. The molecule has 0 atom stereocenters. The van der Waals surface area contributed by atoms with Gasteiger partial charge in [0.1, 0.15) is 11.6 Å². The monoisotopic (exact) mass is 328 g/mol. The van der Waals surface area contributed by atoms with E-state index in [1.807, 2.05) is 6.07 Å². The highest BCUT2D eigenvalue weighted by molar-refractivity contribution is 6.01. The van der Waals surface area contributed by atoms with Gasteiger partial charge in [0.25, 0.3) is 0 Å². The Hall–Kier alpha value is -2.82. The van der Waals surface area contributed by atoms with E-state index in [1.165, 1.54) is 30.3 Å². The molecule has 3 N–H and O–H groups in total. The fourth-order valence-electron chi connectivity index (χ4n) is 1.95. The first-order valence-corrected chi connectivity index (χ1v) is 7.71. The minimum absolute atomic E-state index is 0.305. The molecular formula is C19H21FN2O2. The maximum Gasteiger partial charge on any atom is 0.248 e.